The van der Waals surface area contributed by atoms with E-state index in [1.54, 1.807) is 24.3 Å². The third kappa shape index (κ3) is 2.97. The monoisotopic (exact) mass is 267 g/mol. The topological polar surface area (TPSA) is 101 Å². The van der Waals surface area contributed by atoms with Crippen LogP contribution in [0, 0.1) is 5.92 Å². The van der Waals surface area contributed by atoms with Gasteiger partial charge in [0.05, 0.1) is 0 Å². The van der Waals surface area contributed by atoms with Crippen LogP contribution in [-0.2, 0) is 0 Å². The minimum absolute atomic E-state index is 0.0958. The van der Waals surface area contributed by atoms with Gasteiger partial charge < -0.3 is 25.3 Å². The first-order chi connectivity index (χ1) is 8.99. The lowest BCUT2D eigenvalue weighted by Crippen LogP contribution is -2.46. The number of amides is 1. The number of carbonyl (C=O) groups is 1. The third-order valence-corrected chi connectivity index (χ3v) is 3.63. The van der Waals surface area contributed by atoms with Gasteiger partial charge in [0.1, 0.15) is 5.75 Å². The number of phenols is 1. The predicted molar refractivity (Wildman–Crippen MR) is 66.8 cm³/mol. The second-order valence-corrected chi connectivity index (χ2v) is 4.79. The van der Waals surface area contributed by atoms with Crippen molar-refractivity contribution in [3.8, 4) is 5.75 Å². The molecule has 0 spiro atoms. The van der Waals surface area contributed by atoms with E-state index in [2.05, 4.69) is 0 Å². The van der Waals surface area contributed by atoms with E-state index in [-0.39, 0.29) is 18.2 Å². The fraction of sp³-hybridized carbons (Fsp3) is 0.462. The van der Waals surface area contributed by atoms with Gasteiger partial charge in [-0.1, -0.05) is 12.1 Å². The highest BCUT2D eigenvalue weighted by molar-refractivity contribution is 5.65. The molecule has 1 fully saturated rings. The summed E-state index contributed by atoms with van der Waals surface area (Å²) in [7, 11) is 0. The largest absolute Gasteiger partial charge is 0.508 e. The first-order valence-corrected chi connectivity index (χ1v) is 6.12. The Morgan fingerprint density at radius 2 is 1.89 bits per heavy atom. The summed E-state index contributed by atoms with van der Waals surface area (Å²) in [4.78, 5) is 12.1. The molecule has 4 N–H and O–H groups in total. The molecule has 19 heavy (non-hydrogen) atoms. The van der Waals surface area contributed by atoms with Crippen molar-refractivity contribution in [3.63, 3.8) is 0 Å². The zero-order valence-corrected chi connectivity index (χ0v) is 10.3. The van der Waals surface area contributed by atoms with Gasteiger partial charge in [0.2, 0.25) is 0 Å². The predicted octanol–water partition coefficient (Wildman–Crippen LogP) is 0.786. The molecule has 6 nitrogen and oxygen atoms in total. The lowest BCUT2D eigenvalue weighted by Gasteiger charge is -2.38. The number of hydrogen-bond donors (Lipinski definition) is 4. The number of hydrogen-bond acceptors (Lipinski definition) is 4. The lowest BCUT2D eigenvalue weighted by molar-refractivity contribution is -0.105. The molecule has 104 valence electrons. The summed E-state index contributed by atoms with van der Waals surface area (Å²) in [5.74, 6) is -0.543. The number of phenolic OH excluding ortho intramolecular Hbond substituents is 1. The van der Waals surface area contributed by atoms with Crippen molar-refractivity contribution in [1.82, 2.24) is 4.90 Å². The van der Waals surface area contributed by atoms with E-state index in [9.17, 15) is 20.1 Å². The van der Waals surface area contributed by atoms with E-state index < -0.39 is 18.3 Å². The summed E-state index contributed by atoms with van der Waals surface area (Å²) < 4.78 is 0. The van der Waals surface area contributed by atoms with Crippen LogP contribution >= 0.6 is 0 Å². The van der Waals surface area contributed by atoms with Crippen molar-refractivity contribution in [2.45, 2.75) is 18.6 Å². The van der Waals surface area contributed by atoms with Crippen LogP contribution in [0.15, 0.2) is 24.3 Å². The van der Waals surface area contributed by atoms with E-state index in [4.69, 9.17) is 5.11 Å². The highest BCUT2D eigenvalue weighted by atomic mass is 16.5. The zero-order chi connectivity index (χ0) is 14.0. The van der Waals surface area contributed by atoms with E-state index in [1.165, 1.54) is 4.90 Å². The minimum atomic E-state index is -1.57. The third-order valence-electron chi connectivity index (χ3n) is 3.63. The fourth-order valence-electron chi connectivity index (χ4n) is 2.59. The normalized spacial score (nSPS) is 23.6. The number of aliphatic hydroxyl groups is 2. The number of nitrogens with zero attached hydrogens (tertiary/aromatic N) is 1. The van der Waals surface area contributed by atoms with Gasteiger partial charge in [0, 0.05) is 19.0 Å². The number of aromatic hydroxyl groups is 1. The number of rotatable bonds is 2. The molecule has 1 aromatic rings. The number of carboxylic acid groups (broad SMARTS) is 1. The van der Waals surface area contributed by atoms with Gasteiger partial charge in [0.25, 0.3) is 0 Å². The molecule has 1 saturated heterocycles. The van der Waals surface area contributed by atoms with Crippen molar-refractivity contribution < 1.29 is 25.2 Å². The maximum absolute atomic E-state index is 10.9. The summed E-state index contributed by atoms with van der Waals surface area (Å²) in [5, 5.41) is 37.1. The second kappa shape index (κ2) is 5.46. The van der Waals surface area contributed by atoms with Crippen LogP contribution in [0.25, 0.3) is 0 Å². The van der Waals surface area contributed by atoms with Crippen LogP contribution in [-0.4, -0.2) is 50.8 Å². The summed E-state index contributed by atoms with van der Waals surface area (Å²) in [6.07, 6.45) is -2.09. The van der Waals surface area contributed by atoms with E-state index in [0.29, 0.717) is 13.0 Å². The number of piperidine rings is 1. The van der Waals surface area contributed by atoms with Crippen LogP contribution in [0.4, 0.5) is 4.79 Å². The molecule has 1 aliphatic rings. The standard InChI is InChI=1S/C13H17NO5/c15-9-3-1-8(2-4-9)10-5-6-14(13(18)19)7-11(10)12(16)17/h1-4,10-12,15-17H,5-7H2,(H,18,19). The molecule has 2 rings (SSSR count). The van der Waals surface area contributed by atoms with Gasteiger partial charge in [-0.05, 0) is 30.0 Å². The average Bonchev–Trinajstić information content (AvgIpc) is 2.38. The van der Waals surface area contributed by atoms with Gasteiger partial charge in [-0.15, -0.1) is 0 Å². The summed E-state index contributed by atoms with van der Waals surface area (Å²) in [6.45, 7) is 0.461. The van der Waals surface area contributed by atoms with Crippen LogP contribution in [0.3, 0.4) is 0 Å². The smallest absolute Gasteiger partial charge is 0.407 e. The quantitative estimate of drug-likeness (QED) is 0.593. The average molecular weight is 267 g/mol. The zero-order valence-electron chi connectivity index (χ0n) is 10.3. The van der Waals surface area contributed by atoms with Crippen LogP contribution in [0.5, 0.6) is 5.75 Å². The SMILES string of the molecule is O=C(O)N1CCC(c2ccc(O)cc2)C(C(O)O)C1. The van der Waals surface area contributed by atoms with Crippen molar-refractivity contribution in [2.24, 2.45) is 5.92 Å². The fourth-order valence-corrected chi connectivity index (χ4v) is 2.59. The van der Waals surface area contributed by atoms with Crippen molar-refractivity contribution in [3.05, 3.63) is 29.8 Å². The highest BCUT2D eigenvalue weighted by Gasteiger charge is 2.36. The molecule has 0 aliphatic carbocycles. The molecular weight excluding hydrogens is 250 g/mol. The molecule has 0 aromatic heterocycles. The molecule has 0 saturated carbocycles. The molecule has 1 aromatic carbocycles. The minimum Gasteiger partial charge on any atom is -0.508 e. The van der Waals surface area contributed by atoms with Crippen molar-refractivity contribution >= 4 is 6.09 Å². The summed E-state index contributed by atoms with van der Waals surface area (Å²) in [5.41, 5.74) is 0.876. The Bertz CT molecular complexity index is 445. The van der Waals surface area contributed by atoms with E-state index >= 15 is 0 Å². The molecule has 1 heterocycles. The van der Waals surface area contributed by atoms with Crippen molar-refractivity contribution in [2.75, 3.05) is 13.1 Å². The summed E-state index contributed by atoms with van der Waals surface area (Å²) in [6, 6.07) is 6.54. The Morgan fingerprint density at radius 1 is 1.26 bits per heavy atom. The van der Waals surface area contributed by atoms with Crippen molar-refractivity contribution in [1.29, 1.82) is 0 Å². The number of aliphatic hydroxyl groups excluding tert-OH is 1. The molecule has 1 aliphatic heterocycles. The maximum atomic E-state index is 10.9. The van der Waals surface area contributed by atoms with Crippen LogP contribution in [0.2, 0.25) is 0 Å². The number of benzene rings is 1. The molecule has 1 amide bonds. The van der Waals surface area contributed by atoms with Gasteiger partial charge in [-0.3, -0.25) is 0 Å². The Balaban J connectivity index is 2.20. The van der Waals surface area contributed by atoms with E-state index in [0.717, 1.165) is 5.56 Å². The Morgan fingerprint density at radius 3 is 2.42 bits per heavy atom. The Hall–Kier alpha value is -1.79. The Kier molecular flexibility index (Phi) is 3.92. The lowest BCUT2D eigenvalue weighted by atomic mass is 9.80. The van der Waals surface area contributed by atoms with Gasteiger partial charge >= 0.3 is 6.09 Å². The Labute approximate surface area is 110 Å². The first-order valence-electron chi connectivity index (χ1n) is 6.12. The molecule has 6 heteroatoms. The van der Waals surface area contributed by atoms with Gasteiger partial charge in [0.15, 0.2) is 6.29 Å². The molecule has 0 bridgehead atoms. The molecule has 0 radical (unpaired) electrons. The maximum Gasteiger partial charge on any atom is 0.407 e. The van der Waals surface area contributed by atoms with Crippen LogP contribution in [0.1, 0.15) is 17.9 Å². The highest BCUT2D eigenvalue weighted by Crippen LogP contribution is 2.35. The first kappa shape index (κ1) is 13.6. The van der Waals surface area contributed by atoms with Gasteiger partial charge in [-0.2, -0.15) is 0 Å². The molecule has 2 unspecified atom stereocenters. The molecule has 2 atom stereocenters. The van der Waals surface area contributed by atoms with E-state index in [1.807, 2.05) is 0 Å². The summed E-state index contributed by atoms with van der Waals surface area (Å²) >= 11 is 0. The van der Waals surface area contributed by atoms with Crippen LogP contribution < -0.4 is 0 Å². The molecular formula is C13H17NO5. The van der Waals surface area contributed by atoms with Gasteiger partial charge in [-0.25, -0.2) is 4.79 Å². The number of likely N-dealkylation sites (tertiary alicyclic amines) is 1. The second-order valence-electron chi connectivity index (χ2n) is 4.79.